The van der Waals surface area contributed by atoms with Crippen molar-refractivity contribution in [2.45, 2.75) is 33.0 Å². The van der Waals surface area contributed by atoms with Gasteiger partial charge in [0.15, 0.2) is 5.78 Å². The summed E-state index contributed by atoms with van der Waals surface area (Å²) in [6.07, 6.45) is -0.841. The molecule has 0 spiro atoms. The second kappa shape index (κ2) is 3.91. The minimum absolute atomic E-state index is 0.00277. The van der Waals surface area contributed by atoms with Gasteiger partial charge in [0.1, 0.15) is 18.0 Å². The standard InChI is InChI=1S/C13H16O3/c1-7(2)13-12(15)10-6-9(8(3)14)4-5-11(10)16-13/h4-7,12-13,15H,1-3H3/t12-,13+/m1/s1. The molecule has 0 radical (unpaired) electrons. The number of fused-ring (bicyclic) bond motifs is 1. The lowest BCUT2D eigenvalue weighted by Crippen LogP contribution is -2.24. The topological polar surface area (TPSA) is 46.5 Å². The number of aliphatic hydroxyl groups excluding tert-OH is 1. The molecule has 1 heterocycles. The van der Waals surface area contributed by atoms with Crippen molar-refractivity contribution in [3.05, 3.63) is 29.3 Å². The van der Waals surface area contributed by atoms with Gasteiger partial charge in [-0.2, -0.15) is 0 Å². The monoisotopic (exact) mass is 220 g/mol. The highest BCUT2D eigenvalue weighted by Crippen LogP contribution is 2.39. The third-order valence-electron chi connectivity index (χ3n) is 2.97. The molecule has 0 saturated carbocycles. The highest BCUT2D eigenvalue weighted by atomic mass is 16.5. The van der Waals surface area contributed by atoms with Crippen LogP contribution in [0.15, 0.2) is 18.2 Å². The molecule has 1 aliphatic heterocycles. The molecule has 0 bridgehead atoms. The van der Waals surface area contributed by atoms with E-state index < -0.39 is 6.10 Å². The number of ether oxygens (including phenoxy) is 1. The van der Waals surface area contributed by atoms with Gasteiger partial charge in [0, 0.05) is 11.1 Å². The minimum Gasteiger partial charge on any atom is -0.487 e. The Labute approximate surface area is 95.0 Å². The third kappa shape index (κ3) is 1.71. The van der Waals surface area contributed by atoms with E-state index in [0.717, 1.165) is 5.56 Å². The Morgan fingerprint density at radius 1 is 1.44 bits per heavy atom. The first-order chi connectivity index (χ1) is 7.50. The van der Waals surface area contributed by atoms with Gasteiger partial charge >= 0.3 is 0 Å². The van der Waals surface area contributed by atoms with Crippen LogP contribution in [0.5, 0.6) is 5.75 Å². The summed E-state index contributed by atoms with van der Waals surface area (Å²) in [5, 5.41) is 10.1. The fourth-order valence-corrected chi connectivity index (χ4v) is 1.99. The maximum Gasteiger partial charge on any atom is 0.159 e. The van der Waals surface area contributed by atoms with Crippen molar-refractivity contribution in [1.82, 2.24) is 0 Å². The summed E-state index contributed by atoms with van der Waals surface area (Å²) in [4.78, 5) is 11.2. The van der Waals surface area contributed by atoms with Gasteiger partial charge in [0.05, 0.1) is 0 Å². The van der Waals surface area contributed by atoms with Crippen LogP contribution in [0, 0.1) is 5.92 Å². The number of Topliss-reactive ketones (excluding diaryl/α,β-unsaturated/α-hetero) is 1. The summed E-state index contributed by atoms with van der Waals surface area (Å²) in [5.74, 6) is 0.933. The van der Waals surface area contributed by atoms with Crippen LogP contribution < -0.4 is 4.74 Å². The highest BCUT2D eigenvalue weighted by Gasteiger charge is 2.35. The molecule has 16 heavy (non-hydrogen) atoms. The highest BCUT2D eigenvalue weighted by molar-refractivity contribution is 5.94. The molecule has 3 nitrogen and oxygen atoms in total. The van der Waals surface area contributed by atoms with Crippen LogP contribution in [0.2, 0.25) is 0 Å². The van der Waals surface area contributed by atoms with Crippen LogP contribution in [0.4, 0.5) is 0 Å². The summed E-state index contributed by atoms with van der Waals surface area (Å²) < 4.78 is 5.65. The molecule has 0 fully saturated rings. The van der Waals surface area contributed by atoms with E-state index in [-0.39, 0.29) is 17.8 Å². The van der Waals surface area contributed by atoms with Crippen molar-refractivity contribution in [1.29, 1.82) is 0 Å². The van der Waals surface area contributed by atoms with E-state index in [0.29, 0.717) is 11.3 Å². The van der Waals surface area contributed by atoms with Crippen molar-refractivity contribution >= 4 is 5.78 Å². The van der Waals surface area contributed by atoms with E-state index in [9.17, 15) is 9.90 Å². The molecule has 3 heteroatoms. The largest absolute Gasteiger partial charge is 0.487 e. The molecule has 0 aromatic heterocycles. The number of hydrogen-bond donors (Lipinski definition) is 1. The Hall–Kier alpha value is -1.35. The zero-order valence-electron chi connectivity index (χ0n) is 9.73. The predicted octanol–water partition coefficient (Wildman–Crippen LogP) is 2.34. The third-order valence-corrected chi connectivity index (χ3v) is 2.97. The average molecular weight is 220 g/mol. The normalized spacial score (nSPS) is 23.1. The summed E-state index contributed by atoms with van der Waals surface area (Å²) in [5.41, 5.74) is 1.34. The average Bonchev–Trinajstić information content (AvgIpc) is 2.56. The Kier molecular flexibility index (Phi) is 2.72. The molecule has 86 valence electrons. The van der Waals surface area contributed by atoms with Crippen molar-refractivity contribution in [3.63, 3.8) is 0 Å². The van der Waals surface area contributed by atoms with Gasteiger partial charge in [0.2, 0.25) is 0 Å². The molecule has 0 amide bonds. The van der Waals surface area contributed by atoms with Gasteiger partial charge in [-0.05, 0) is 31.0 Å². The van der Waals surface area contributed by atoms with E-state index in [1.54, 1.807) is 18.2 Å². The van der Waals surface area contributed by atoms with Gasteiger partial charge in [-0.3, -0.25) is 4.79 Å². The lowest BCUT2D eigenvalue weighted by Gasteiger charge is -2.17. The van der Waals surface area contributed by atoms with Crippen molar-refractivity contribution < 1.29 is 14.6 Å². The molecule has 1 aromatic rings. The van der Waals surface area contributed by atoms with Crippen molar-refractivity contribution in [2.24, 2.45) is 5.92 Å². The first kappa shape index (κ1) is 11.1. The van der Waals surface area contributed by atoms with Crippen LogP contribution in [0.1, 0.15) is 42.8 Å². The van der Waals surface area contributed by atoms with Crippen LogP contribution in [-0.4, -0.2) is 17.0 Å². The molecule has 2 rings (SSSR count). The minimum atomic E-state index is -0.630. The van der Waals surface area contributed by atoms with Crippen molar-refractivity contribution in [2.75, 3.05) is 0 Å². The quantitative estimate of drug-likeness (QED) is 0.778. The molecule has 1 aromatic carbocycles. The Bertz CT molecular complexity index is 423. The number of rotatable bonds is 2. The van der Waals surface area contributed by atoms with Crippen molar-refractivity contribution in [3.8, 4) is 5.75 Å². The smallest absolute Gasteiger partial charge is 0.159 e. The predicted molar refractivity (Wildman–Crippen MR) is 60.7 cm³/mol. The zero-order chi connectivity index (χ0) is 11.9. The number of carbonyl (C=O) groups excluding carboxylic acids is 1. The molecule has 0 saturated heterocycles. The van der Waals surface area contributed by atoms with Crippen LogP contribution in [0.3, 0.4) is 0 Å². The van der Waals surface area contributed by atoms with Crippen LogP contribution in [-0.2, 0) is 0 Å². The summed E-state index contributed by atoms with van der Waals surface area (Å²) in [6, 6.07) is 5.22. The van der Waals surface area contributed by atoms with Crippen LogP contribution >= 0.6 is 0 Å². The molecule has 2 atom stereocenters. The molecule has 1 aliphatic rings. The van der Waals surface area contributed by atoms with E-state index >= 15 is 0 Å². The first-order valence-electron chi connectivity index (χ1n) is 5.50. The second-order valence-corrected chi connectivity index (χ2v) is 4.58. The number of aliphatic hydroxyl groups is 1. The van der Waals surface area contributed by atoms with E-state index in [4.69, 9.17) is 4.74 Å². The Morgan fingerprint density at radius 3 is 2.69 bits per heavy atom. The SMILES string of the molecule is CC(=O)c1ccc2c(c1)[C@@H](O)[C@H](C(C)C)O2. The maximum atomic E-state index is 11.2. The lowest BCUT2D eigenvalue weighted by molar-refractivity contribution is 0.0383. The van der Waals surface area contributed by atoms with Crippen LogP contribution in [0.25, 0.3) is 0 Å². The Morgan fingerprint density at radius 2 is 2.12 bits per heavy atom. The number of benzene rings is 1. The fraction of sp³-hybridized carbons (Fsp3) is 0.462. The maximum absolute atomic E-state index is 11.2. The summed E-state index contributed by atoms with van der Waals surface area (Å²) >= 11 is 0. The molecule has 0 aliphatic carbocycles. The van der Waals surface area contributed by atoms with Gasteiger partial charge in [-0.25, -0.2) is 0 Å². The number of ketones is 1. The molecular weight excluding hydrogens is 204 g/mol. The molecule has 1 N–H and O–H groups in total. The zero-order valence-corrected chi connectivity index (χ0v) is 9.73. The van der Waals surface area contributed by atoms with Gasteiger partial charge in [-0.15, -0.1) is 0 Å². The second-order valence-electron chi connectivity index (χ2n) is 4.58. The Balaban J connectivity index is 2.38. The fourth-order valence-electron chi connectivity index (χ4n) is 1.99. The first-order valence-corrected chi connectivity index (χ1v) is 5.50. The van der Waals surface area contributed by atoms with E-state index in [1.807, 2.05) is 13.8 Å². The van der Waals surface area contributed by atoms with E-state index in [2.05, 4.69) is 0 Å². The molecule has 0 unspecified atom stereocenters. The van der Waals surface area contributed by atoms with Gasteiger partial charge in [-0.1, -0.05) is 13.8 Å². The summed E-state index contributed by atoms with van der Waals surface area (Å²) in [7, 11) is 0. The lowest BCUT2D eigenvalue weighted by atomic mass is 9.97. The van der Waals surface area contributed by atoms with Gasteiger partial charge in [0.25, 0.3) is 0 Å². The summed E-state index contributed by atoms with van der Waals surface area (Å²) in [6.45, 7) is 5.53. The van der Waals surface area contributed by atoms with Gasteiger partial charge < -0.3 is 9.84 Å². The molecular formula is C13H16O3. The van der Waals surface area contributed by atoms with E-state index in [1.165, 1.54) is 6.92 Å². The number of carbonyl (C=O) groups is 1. The number of hydrogen-bond acceptors (Lipinski definition) is 3.